The minimum absolute atomic E-state index is 0.0465. The van der Waals surface area contributed by atoms with Crippen molar-refractivity contribution in [1.29, 1.82) is 0 Å². The molecule has 0 aliphatic heterocycles. The van der Waals surface area contributed by atoms with Crippen LogP contribution in [0.5, 0.6) is 0 Å². The largest absolute Gasteiger partial charge is 0.359 e. The number of ketones is 1. The fourth-order valence-corrected chi connectivity index (χ4v) is 2.06. The second-order valence-electron chi connectivity index (χ2n) is 5.61. The second kappa shape index (κ2) is 8.68. The SMILES string of the molecule is CNC(=O)C(C)CN(C)CC(=O)NC(C(C)=O)C(C)C. The molecule has 20 heavy (non-hydrogen) atoms. The number of Topliss-reactive ketones (excluding diaryl/α,β-unsaturated/α-hetero) is 1. The highest BCUT2D eigenvalue weighted by atomic mass is 16.2. The summed E-state index contributed by atoms with van der Waals surface area (Å²) in [5.41, 5.74) is 0. The molecule has 0 aliphatic rings. The molecule has 0 aliphatic carbocycles. The number of carbonyl (C=O) groups excluding carboxylic acids is 3. The number of amides is 2. The molecule has 0 aromatic rings. The van der Waals surface area contributed by atoms with Gasteiger partial charge in [-0.2, -0.15) is 0 Å². The highest BCUT2D eigenvalue weighted by molar-refractivity contribution is 5.88. The van der Waals surface area contributed by atoms with Crippen LogP contribution in [-0.4, -0.2) is 55.7 Å². The van der Waals surface area contributed by atoms with Gasteiger partial charge in [-0.25, -0.2) is 0 Å². The third-order valence-electron chi connectivity index (χ3n) is 3.11. The molecule has 6 heteroatoms. The van der Waals surface area contributed by atoms with Gasteiger partial charge < -0.3 is 10.6 Å². The van der Waals surface area contributed by atoms with Crippen molar-refractivity contribution in [3.05, 3.63) is 0 Å². The van der Waals surface area contributed by atoms with Gasteiger partial charge in [-0.15, -0.1) is 0 Å². The summed E-state index contributed by atoms with van der Waals surface area (Å²) >= 11 is 0. The summed E-state index contributed by atoms with van der Waals surface area (Å²) in [5, 5.41) is 5.31. The van der Waals surface area contributed by atoms with Crippen molar-refractivity contribution in [2.75, 3.05) is 27.2 Å². The van der Waals surface area contributed by atoms with Gasteiger partial charge >= 0.3 is 0 Å². The summed E-state index contributed by atoms with van der Waals surface area (Å²) in [5.74, 6) is -0.431. The Hall–Kier alpha value is -1.43. The molecule has 0 aromatic carbocycles. The van der Waals surface area contributed by atoms with Crippen LogP contribution in [0.15, 0.2) is 0 Å². The number of carbonyl (C=O) groups is 3. The van der Waals surface area contributed by atoms with E-state index in [1.54, 1.807) is 25.9 Å². The van der Waals surface area contributed by atoms with E-state index in [1.165, 1.54) is 6.92 Å². The van der Waals surface area contributed by atoms with Crippen LogP contribution in [-0.2, 0) is 14.4 Å². The molecule has 0 saturated carbocycles. The maximum Gasteiger partial charge on any atom is 0.234 e. The Bertz CT molecular complexity index is 356. The monoisotopic (exact) mass is 285 g/mol. The summed E-state index contributed by atoms with van der Waals surface area (Å²) in [6.45, 7) is 7.72. The minimum atomic E-state index is -0.452. The first-order valence-electron chi connectivity index (χ1n) is 6.89. The number of hydrogen-bond donors (Lipinski definition) is 2. The lowest BCUT2D eigenvalue weighted by molar-refractivity contribution is -0.129. The summed E-state index contributed by atoms with van der Waals surface area (Å²) in [6, 6.07) is -0.452. The number of rotatable bonds is 8. The van der Waals surface area contributed by atoms with Crippen molar-refractivity contribution in [2.24, 2.45) is 11.8 Å². The highest BCUT2D eigenvalue weighted by Gasteiger charge is 2.22. The Balaban J connectivity index is 4.32. The predicted molar refractivity (Wildman–Crippen MR) is 78.2 cm³/mol. The predicted octanol–water partition coefficient (Wildman–Crippen LogP) is 0.0301. The van der Waals surface area contributed by atoms with Crippen LogP contribution in [0.2, 0.25) is 0 Å². The third-order valence-corrected chi connectivity index (χ3v) is 3.11. The van der Waals surface area contributed by atoms with E-state index in [9.17, 15) is 14.4 Å². The van der Waals surface area contributed by atoms with Gasteiger partial charge in [0, 0.05) is 19.5 Å². The molecule has 0 rings (SSSR count). The second-order valence-corrected chi connectivity index (χ2v) is 5.61. The first-order valence-corrected chi connectivity index (χ1v) is 6.89. The highest BCUT2D eigenvalue weighted by Crippen LogP contribution is 2.03. The molecule has 0 fully saturated rings. The normalized spacial score (nSPS) is 14.0. The molecule has 0 bridgehead atoms. The van der Waals surface area contributed by atoms with Crippen LogP contribution >= 0.6 is 0 Å². The molecule has 0 heterocycles. The van der Waals surface area contributed by atoms with Gasteiger partial charge in [0.25, 0.3) is 0 Å². The molecular formula is C14H27N3O3. The summed E-state index contributed by atoms with van der Waals surface area (Å²) < 4.78 is 0. The van der Waals surface area contributed by atoms with Gasteiger partial charge in [-0.05, 0) is 19.9 Å². The van der Waals surface area contributed by atoms with Gasteiger partial charge in [-0.3, -0.25) is 19.3 Å². The van der Waals surface area contributed by atoms with Gasteiger partial charge in [0.1, 0.15) is 0 Å². The lowest BCUT2D eigenvalue weighted by Gasteiger charge is -2.23. The van der Waals surface area contributed by atoms with Gasteiger partial charge in [0.05, 0.1) is 12.6 Å². The van der Waals surface area contributed by atoms with Crippen LogP contribution in [0.4, 0.5) is 0 Å². The Morgan fingerprint density at radius 3 is 2.10 bits per heavy atom. The molecule has 116 valence electrons. The van der Waals surface area contributed by atoms with E-state index in [4.69, 9.17) is 0 Å². The van der Waals surface area contributed by atoms with Crippen LogP contribution in [0.25, 0.3) is 0 Å². The maximum atomic E-state index is 11.9. The van der Waals surface area contributed by atoms with E-state index in [0.717, 1.165) is 0 Å². The quantitative estimate of drug-likeness (QED) is 0.659. The number of nitrogens with one attached hydrogen (secondary N) is 2. The van der Waals surface area contributed by atoms with E-state index in [2.05, 4.69) is 10.6 Å². The first-order chi connectivity index (χ1) is 9.18. The summed E-state index contributed by atoms with van der Waals surface area (Å²) in [4.78, 5) is 36.5. The van der Waals surface area contributed by atoms with Crippen molar-refractivity contribution in [1.82, 2.24) is 15.5 Å². The first kappa shape index (κ1) is 18.6. The lowest BCUT2D eigenvalue weighted by Crippen LogP contribution is -2.47. The van der Waals surface area contributed by atoms with Crippen molar-refractivity contribution in [3.8, 4) is 0 Å². The van der Waals surface area contributed by atoms with Crippen molar-refractivity contribution < 1.29 is 14.4 Å². The Kier molecular flexibility index (Phi) is 8.06. The van der Waals surface area contributed by atoms with Gasteiger partial charge in [0.2, 0.25) is 11.8 Å². The van der Waals surface area contributed by atoms with Gasteiger partial charge in [0.15, 0.2) is 5.78 Å². The topological polar surface area (TPSA) is 78.5 Å². The molecule has 0 spiro atoms. The van der Waals surface area contributed by atoms with Crippen molar-refractivity contribution in [3.63, 3.8) is 0 Å². The molecule has 6 nitrogen and oxygen atoms in total. The van der Waals surface area contributed by atoms with Crippen molar-refractivity contribution in [2.45, 2.75) is 33.7 Å². The molecule has 0 saturated heterocycles. The van der Waals surface area contributed by atoms with E-state index in [1.807, 2.05) is 13.8 Å². The maximum absolute atomic E-state index is 11.9. The number of likely N-dealkylation sites (N-methyl/N-ethyl adjacent to an activating group) is 1. The molecule has 2 N–H and O–H groups in total. The summed E-state index contributed by atoms with van der Waals surface area (Å²) in [7, 11) is 3.36. The Morgan fingerprint density at radius 2 is 1.70 bits per heavy atom. The van der Waals surface area contributed by atoms with E-state index in [0.29, 0.717) is 6.54 Å². The molecule has 2 amide bonds. The Morgan fingerprint density at radius 1 is 1.15 bits per heavy atom. The minimum Gasteiger partial charge on any atom is -0.359 e. The molecular weight excluding hydrogens is 258 g/mol. The number of hydrogen-bond acceptors (Lipinski definition) is 4. The smallest absolute Gasteiger partial charge is 0.234 e. The lowest BCUT2D eigenvalue weighted by atomic mass is 10.0. The van der Waals surface area contributed by atoms with Crippen LogP contribution in [0.1, 0.15) is 27.7 Å². The van der Waals surface area contributed by atoms with Crippen LogP contribution < -0.4 is 10.6 Å². The zero-order valence-electron chi connectivity index (χ0n) is 13.3. The van der Waals surface area contributed by atoms with Crippen molar-refractivity contribution >= 4 is 17.6 Å². The molecule has 0 radical (unpaired) electrons. The van der Waals surface area contributed by atoms with E-state index in [-0.39, 0.29) is 36.0 Å². The van der Waals surface area contributed by atoms with Gasteiger partial charge in [-0.1, -0.05) is 20.8 Å². The number of nitrogens with zero attached hydrogens (tertiary/aromatic N) is 1. The molecule has 2 atom stereocenters. The molecule has 2 unspecified atom stereocenters. The average Bonchev–Trinajstić information content (AvgIpc) is 2.33. The van der Waals surface area contributed by atoms with Crippen LogP contribution in [0, 0.1) is 11.8 Å². The zero-order valence-corrected chi connectivity index (χ0v) is 13.3. The van der Waals surface area contributed by atoms with Crippen LogP contribution in [0.3, 0.4) is 0 Å². The Labute approximate surface area is 121 Å². The average molecular weight is 285 g/mol. The standard InChI is InChI=1S/C14H27N3O3/c1-9(2)13(11(4)18)16-12(19)8-17(6)7-10(3)14(20)15-5/h9-10,13H,7-8H2,1-6H3,(H,15,20)(H,16,19). The fourth-order valence-electron chi connectivity index (χ4n) is 2.06. The molecule has 0 aromatic heterocycles. The zero-order chi connectivity index (χ0) is 15.9. The fraction of sp³-hybridized carbons (Fsp3) is 0.786. The van der Waals surface area contributed by atoms with E-state index < -0.39 is 6.04 Å². The summed E-state index contributed by atoms with van der Waals surface area (Å²) in [6.07, 6.45) is 0. The van der Waals surface area contributed by atoms with E-state index >= 15 is 0 Å². The third kappa shape index (κ3) is 6.65.